The summed E-state index contributed by atoms with van der Waals surface area (Å²) in [5.41, 5.74) is 1.30. The summed E-state index contributed by atoms with van der Waals surface area (Å²) in [7, 11) is 0. The van der Waals surface area contributed by atoms with E-state index in [0.717, 1.165) is 12.8 Å². The highest BCUT2D eigenvalue weighted by Crippen LogP contribution is 2.53. The van der Waals surface area contributed by atoms with Gasteiger partial charge in [0, 0.05) is 0 Å². The molecule has 1 saturated carbocycles. The van der Waals surface area contributed by atoms with Gasteiger partial charge in [0.05, 0.1) is 4.87 Å². The third-order valence-corrected chi connectivity index (χ3v) is 3.54. The van der Waals surface area contributed by atoms with Crippen molar-refractivity contribution in [2.75, 3.05) is 0 Å². The van der Waals surface area contributed by atoms with Gasteiger partial charge in [0.15, 0.2) is 0 Å². The molecule has 3 rings (SSSR count). The van der Waals surface area contributed by atoms with Crippen LogP contribution in [0.4, 0.5) is 0 Å². The van der Waals surface area contributed by atoms with Crippen molar-refractivity contribution in [1.29, 1.82) is 0 Å². The normalized spacial score (nSPS) is 18.4. The molecule has 0 atom stereocenters. The summed E-state index contributed by atoms with van der Waals surface area (Å²) in [6, 6.07) is 14.8. The zero-order chi connectivity index (χ0) is 9.60. The van der Waals surface area contributed by atoms with Crippen LogP contribution in [0.5, 0.6) is 0 Å². The van der Waals surface area contributed by atoms with E-state index in [4.69, 9.17) is 11.6 Å². The quantitative estimate of drug-likeness (QED) is 0.612. The minimum Gasteiger partial charge on any atom is -0.114 e. The van der Waals surface area contributed by atoms with Crippen molar-refractivity contribution in [3.05, 3.63) is 48.0 Å². The van der Waals surface area contributed by atoms with E-state index in [9.17, 15) is 0 Å². The van der Waals surface area contributed by atoms with Crippen LogP contribution in [0.2, 0.25) is 0 Å². The molecule has 70 valence electrons. The lowest BCUT2D eigenvalue weighted by Gasteiger charge is -2.10. The zero-order valence-electron chi connectivity index (χ0n) is 7.83. The second-order valence-corrected chi connectivity index (χ2v) is 4.72. The van der Waals surface area contributed by atoms with E-state index in [1.54, 1.807) is 0 Å². The second-order valence-electron chi connectivity index (χ2n) is 3.99. The van der Waals surface area contributed by atoms with Crippen molar-refractivity contribution < 1.29 is 0 Å². The maximum Gasteiger partial charge on any atom is 0.0702 e. The largest absolute Gasteiger partial charge is 0.114 e. The van der Waals surface area contributed by atoms with Crippen LogP contribution in [-0.2, 0) is 4.87 Å². The molecule has 0 amide bonds. The predicted molar refractivity (Wildman–Crippen MR) is 60.7 cm³/mol. The highest BCUT2D eigenvalue weighted by Gasteiger charge is 2.43. The van der Waals surface area contributed by atoms with Gasteiger partial charge < -0.3 is 0 Å². The third-order valence-electron chi connectivity index (χ3n) is 2.96. The molecule has 0 bridgehead atoms. The van der Waals surface area contributed by atoms with Gasteiger partial charge in [0.25, 0.3) is 0 Å². The molecule has 1 fully saturated rings. The van der Waals surface area contributed by atoms with Gasteiger partial charge >= 0.3 is 0 Å². The van der Waals surface area contributed by atoms with Gasteiger partial charge in [0.1, 0.15) is 0 Å². The van der Waals surface area contributed by atoms with Crippen molar-refractivity contribution in [1.82, 2.24) is 0 Å². The molecule has 0 aromatic heterocycles. The van der Waals surface area contributed by atoms with Crippen LogP contribution in [0.3, 0.4) is 0 Å². The summed E-state index contributed by atoms with van der Waals surface area (Å²) < 4.78 is 0. The van der Waals surface area contributed by atoms with Gasteiger partial charge in [-0.05, 0) is 29.2 Å². The molecule has 1 aliphatic rings. The summed E-state index contributed by atoms with van der Waals surface area (Å²) in [5.74, 6) is 0. The first-order valence-corrected chi connectivity index (χ1v) is 5.35. The lowest BCUT2D eigenvalue weighted by atomic mass is 10.0. The van der Waals surface area contributed by atoms with E-state index in [-0.39, 0.29) is 4.87 Å². The standard InChI is InChI=1S/C13H11Cl/c14-13(8-9-13)12-7-3-5-10-4-1-2-6-11(10)12/h1-7H,8-9H2. The van der Waals surface area contributed by atoms with Crippen LogP contribution < -0.4 is 0 Å². The van der Waals surface area contributed by atoms with Gasteiger partial charge in [-0.1, -0.05) is 42.5 Å². The number of benzene rings is 2. The van der Waals surface area contributed by atoms with E-state index < -0.39 is 0 Å². The monoisotopic (exact) mass is 202 g/mol. The zero-order valence-corrected chi connectivity index (χ0v) is 8.59. The Morgan fingerprint density at radius 3 is 2.43 bits per heavy atom. The van der Waals surface area contributed by atoms with Gasteiger partial charge in [-0.15, -0.1) is 11.6 Å². The molecule has 0 aliphatic heterocycles. The molecular weight excluding hydrogens is 192 g/mol. The summed E-state index contributed by atoms with van der Waals surface area (Å²) in [6.07, 6.45) is 2.23. The average molecular weight is 203 g/mol. The Hall–Kier alpha value is -1.01. The minimum atomic E-state index is -0.0547. The molecule has 1 aliphatic carbocycles. The number of fused-ring (bicyclic) bond motifs is 1. The maximum atomic E-state index is 6.45. The Bertz CT molecular complexity index is 478. The lowest BCUT2D eigenvalue weighted by Crippen LogP contribution is -1.96. The summed E-state index contributed by atoms with van der Waals surface area (Å²) in [6.45, 7) is 0. The lowest BCUT2D eigenvalue weighted by molar-refractivity contribution is 1.03. The van der Waals surface area contributed by atoms with Crippen LogP contribution in [0, 0.1) is 0 Å². The van der Waals surface area contributed by atoms with E-state index in [1.807, 2.05) is 0 Å². The van der Waals surface area contributed by atoms with Crippen molar-refractivity contribution in [3.8, 4) is 0 Å². The van der Waals surface area contributed by atoms with Gasteiger partial charge in [-0.2, -0.15) is 0 Å². The van der Waals surface area contributed by atoms with Crippen LogP contribution in [0.1, 0.15) is 18.4 Å². The fraction of sp³-hybridized carbons (Fsp3) is 0.231. The van der Waals surface area contributed by atoms with E-state index >= 15 is 0 Å². The van der Waals surface area contributed by atoms with Crippen molar-refractivity contribution in [3.63, 3.8) is 0 Å². The SMILES string of the molecule is ClC1(c2cccc3ccccc23)CC1. The first-order valence-electron chi connectivity index (χ1n) is 4.97. The number of hydrogen-bond donors (Lipinski definition) is 0. The summed E-state index contributed by atoms with van der Waals surface area (Å²) >= 11 is 6.45. The van der Waals surface area contributed by atoms with Crippen LogP contribution in [0.15, 0.2) is 42.5 Å². The molecule has 0 saturated heterocycles. The van der Waals surface area contributed by atoms with Crippen molar-refractivity contribution >= 4 is 22.4 Å². The Balaban J connectivity index is 2.33. The molecule has 14 heavy (non-hydrogen) atoms. The first kappa shape index (κ1) is 8.31. The van der Waals surface area contributed by atoms with Crippen LogP contribution >= 0.6 is 11.6 Å². The summed E-state index contributed by atoms with van der Waals surface area (Å²) in [5, 5.41) is 2.60. The topological polar surface area (TPSA) is 0 Å². The van der Waals surface area contributed by atoms with Gasteiger partial charge in [-0.25, -0.2) is 0 Å². The van der Waals surface area contributed by atoms with E-state index in [0.29, 0.717) is 0 Å². The third kappa shape index (κ3) is 1.14. The molecule has 0 heterocycles. The maximum absolute atomic E-state index is 6.45. The number of alkyl halides is 1. The van der Waals surface area contributed by atoms with Crippen LogP contribution in [-0.4, -0.2) is 0 Å². The number of rotatable bonds is 1. The fourth-order valence-corrected chi connectivity index (χ4v) is 2.25. The molecule has 0 N–H and O–H groups in total. The molecule has 0 radical (unpaired) electrons. The smallest absolute Gasteiger partial charge is 0.0702 e. The molecule has 0 nitrogen and oxygen atoms in total. The highest BCUT2D eigenvalue weighted by molar-refractivity contribution is 6.26. The van der Waals surface area contributed by atoms with Gasteiger partial charge in [-0.3, -0.25) is 0 Å². The molecule has 1 heteroatoms. The molecule has 2 aromatic carbocycles. The Labute approximate surface area is 88.5 Å². The van der Waals surface area contributed by atoms with Crippen LogP contribution in [0.25, 0.3) is 10.8 Å². The Morgan fingerprint density at radius 2 is 1.64 bits per heavy atom. The molecule has 2 aromatic rings. The Morgan fingerprint density at radius 1 is 0.929 bits per heavy atom. The van der Waals surface area contributed by atoms with Crippen molar-refractivity contribution in [2.24, 2.45) is 0 Å². The predicted octanol–water partition coefficient (Wildman–Crippen LogP) is 4.07. The molecule has 0 unspecified atom stereocenters. The minimum absolute atomic E-state index is 0.0547. The molecule has 0 spiro atoms. The van der Waals surface area contributed by atoms with Gasteiger partial charge in [0.2, 0.25) is 0 Å². The molecular formula is C13H11Cl. The number of halogens is 1. The summed E-state index contributed by atoms with van der Waals surface area (Å²) in [4.78, 5) is -0.0547. The fourth-order valence-electron chi connectivity index (χ4n) is 2.00. The number of hydrogen-bond acceptors (Lipinski definition) is 0. The van der Waals surface area contributed by atoms with Crippen molar-refractivity contribution in [2.45, 2.75) is 17.7 Å². The van der Waals surface area contributed by atoms with E-state index in [2.05, 4.69) is 42.5 Å². The second kappa shape index (κ2) is 2.74. The highest BCUT2D eigenvalue weighted by atomic mass is 35.5. The first-order chi connectivity index (χ1) is 6.80. The average Bonchev–Trinajstić information content (AvgIpc) is 2.97. The Kier molecular flexibility index (Phi) is 1.63. The van der Waals surface area contributed by atoms with E-state index in [1.165, 1.54) is 16.3 Å².